The normalized spacial score (nSPS) is 22.2. The Hall–Kier alpha value is -2.77. The highest BCUT2D eigenvalue weighted by Crippen LogP contribution is 2.36. The van der Waals surface area contributed by atoms with E-state index in [0.29, 0.717) is 30.3 Å². The maximum atomic E-state index is 12.9. The molecule has 1 atom stereocenters. The maximum Gasteiger partial charge on any atom is 0.325 e. The number of urea groups is 1. The predicted molar refractivity (Wildman–Crippen MR) is 92.9 cm³/mol. The van der Waals surface area contributed by atoms with E-state index >= 15 is 0 Å². The number of ether oxygens (including phenoxy) is 2. The number of carbonyl (C=O) groups excluding carboxylic acids is 3. The summed E-state index contributed by atoms with van der Waals surface area (Å²) in [6, 6.07) is 4.51. The molecule has 2 aliphatic rings. The van der Waals surface area contributed by atoms with Gasteiger partial charge >= 0.3 is 6.03 Å². The van der Waals surface area contributed by atoms with E-state index in [9.17, 15) is 14.4 Å². The largest absolute Gasteiger partial charge is 0.486 e. The fourth-order valence-corrected chi connectivity index (χ4v) is 2.99. The molecule has 1 saturated heterocycles. The molecule has 0 aliphatic carbocycles. The summed E-state index contributed by atoms with van der Waals surface area (Å²) in [6.45, 7) is 7.66. The number of nitrogens with zero attached hydrogens (tertiary/aromatic N) is 1. The highest BCUT2D eigenvalue weighted by molar-refractivity contribution is 6.09. The average molecular weight is 361 g/mol. The summed E-state index contributed by atoms with van der Waals surface area (Å²) < 4.78 is 11.0. The summed E-state index contributed by atoms with van der Waals surface area (Å²) >= 11 is 0. The molecular formula is C18H23N3O5. The average Bonchev–Trinajstić information content (AvgIpc) is 2.77. The van der Waals surface area contributed by atoms with Crippen LogP contribution in [0.5, 0.6) is 11.5 Å². The fourth-order valence-electron chi connectivity index (χ4n) is 2.99. The Bertz CT molecular complexity index is 771. The summed E-state index contributed by atoms with van der Waals surface area (Å²) in [5.74, 6) is 0.249. The first-order valence-electron chi connectivity index (χ1n) is 8.45. The smallest absolute Gasteiger partial charge is 0.325 e. The third kappa shape index (κ3) is 3.31. The Morgan fingerprint density at radius 2 is 1.88 bits per heavy atom. The summed E-state index contributed by atoms with van der Waals surface area (Å²) in [4.78, 5) is 38.3. The number of hydrogen-bond donors (Lipinski definition) is 2. The van der Waals surface area contributed by atoms with Crippen molar-refractivity contribution in [3.63, 3.8) is 0 Å². The minimum Gasteiger partial charge on any atom is -0.486 e. The molecule has 0 radical (unpaired) electrons. The van der Waals surface area contributed by atoms with E-state index in [-0.39, 0.29) is 6.54 Å². The molecule has 4 amide bonds. The van der Waals surface area contributed by atoms with Crippen LogP contribution in [0.2, 0.25) is 0 Å². The van der Waals surface area contributed by atoms with Crippen LogP contribution in [0.4, 0.5) is 4.79 Å². The third-order valence-corrected chi connectivity index (χ3v) is 4.21. The van der Waals surface area contributed by atoms with Gasteiger partial charge in [0.2, 0.25) is 5.91 Å². The predicted octanol–water partition coefficient (Wildman–Crippen LogP) is 1.14. The number of carbonyl (C=O) groups is 3. The number of hydrogen-bond acceptors (Lipinski definition) is 5. The van der Waals surface area contributed by atoms with Gasteiger partial charge in [0.25, 0.3) is 5.91 Å². The number of nitrogens with one attached hydrogen (secondary N) is 2. The molecular weight excluding hydrogens is 338 g/mol. The number of benzene rings is 1. The zero-order valence-corrected chi connectivity index (χ0v) is 15.3. The molecule has 2 N–H and O–H groups in total. The Morgan fingerprint density at radius 3 is 2.54 bits per heavy atom. The van der Waals surface area contributed by atoms with Crippen LogP contribution in [0.15, 0.2) is 18.2 Å². The van der Waals surface area contributed by atoms with E-state index in [1.807, 2.05) is 20.8 Å². The van der Waals surface area contributed by atoms with Crippen molar-refractivity contribution in [3.8, 4) is 11.5 Å². The maximum absolute atomic E-state index is 12.9. The van der Waals surface area contributed by atoms with E-state index in [4.69, 9.17) is 9.47 Å². The van der Waals surface area contributed by atoms with Gasteiger partial charge in [-0.25, -0.2) is 4.79 Å². The summed E-state index contributed by atoms with van der Waals surface area (Å²) in [5.41, 5.74) is -1.15. The van der Waals surface area contributed by atoms with Crippen molar-refractivity contribution in [3.05, 3.63) is 23.8 Å². The molecule has 0 spiro atoms. The molecule has 1 aromatic carbocycles. The van der Waals surface area contributed by atoms with Gasteiger partial charge in [-0.3, -0.25) is 14.5 Å². The van der Waals surface area contributed by atoms with Crippen molar-refractivity contribution in [2.24, 2.45) is 0 Å². The lowest BCUT2D eigenvalue weighted by Crippen LogP contribution is -2.48. The number of fused-ring (bicyclic) bond motifs is 1. The van der Waals surface area contributed by atoms with Crippen LogP contribution in [0.1, 0.15) is 33.3 Å². The van der Waals surface area contributed by atoms with Gasteiger partial charge in [-0.1, -0.05) is 6.07 Å². The van der Waals surface area contributed by atoms with Gasteiger partial charge in [0, 0.05) is 5.54 Å². The van der Waals surface area contributed by atoms with Crippen LogP contribution in [0.3, 0.4) is 0 Å². The molecule has 0 bridgehead atoms. The van der Waals surface area contributed by atoms with Crippen molar-refractivity contribution in [2.75, 3.05) is 19.8 Å². The van der Waals surface area contributed by atoms with Gasteiger partial charge < -0.3 is 20.1 Å². The molecule has 1 fully saturated rings. The first-order valence-corrected chi connectivity index (χ1v) is 8.45. The van der Waals surface area contributed by atoms with Crippen LogP contribution in [-0.2, 0) is 15.1 Å². The molecule has 26 heavy (non-hydrogen) atoms. The van der Waals surface area contributed by atoms with Crippen molar-refractivity contribution < 1.29 is 23.9 Å². The number of amides is 4. The van der Waals surface area contributed by atoms with Crippen molar-refractivity contribution >= 4 is 17.8 Å². The summed E-state index contributed by atoms with van der Waals surface area (Å²) in [6.07, 6.45) is 0. The minimum atomic E-state index is -1.27. The highest BCUT2D eigenvalue weighted by Gasteiger charge is 2.49. The summed E-state index contributed by atoms with van der Waals surface area (Å²) in [7, 11) is 0. The van der Waals surface area contributed by atoms with E-state index < -0.39 is 28.9 Å². The Balaban J connectivity index is 1.82. The Kier molecular flexibility index (Phi) is 4.29. The first kappa shape index (κ1) is 18.0. The quantitative estimate of drug-likeness (QED) is 0.787. The second-order valence-corrected chi connectivity index (χ2v) is 7.60. The van der Waals surface area contributed by atoms with Crippen LogP contribution in [0, 0.1) is 0 Å². The molecule has 8 heteroatoms. The van der Waals surface area contributed by atoms with E-state index in [1.54, 1.807) is 25.1 Å². The molecule has 8 nitrogen and oxygen atoms in total. The Morgan fingerprint density at radius 1 is 1.23 bits per heavy atom. The van der Waals surface area contributed by atoms with Gasteiger partial charge in [-0.2, -0.15) is 0 Å². The third-order valence-electron chi connectivity index (χ3n) is 4.21. The lowest BCUT2D eigenvalue weighted by atomic mass is 9.91. The van der Waals surface area contributed by atoms with Crippen LogP contribution in [0.25, 0.3) is 0 Å². The summed E-state index contributed by atoms with van der Waals surface area (Å²) in [5, 5.41) is 5.43. The molecule has 2 aliphatic heterocycles. The molecule has 0 aromatic heterocycles. The molecule has 0 unspecified atom stereocenters. The van der Waals surface area contributed by atoms with Gasteiger partial charge in [-0.15, -0.1) is 0 Å². The number of imide groups is 1. The standard InChI is InChI=1S/C18H23N3O5/c1-17(2,3)19-14(22)10-21-15(23)18(4,20-16(21)24)11-5-6-12-13(9-11)26-8-7-25-12/h5-6,9H,7-8,10H2,1-4H3,(H,19,22)(H,20,24)/t18-/m1/s1. The van der Waals surface area contributed by atoms with E-state index in [0.717, 1.165) is 4.90 Å². The second kappa shape index (κ2) is 6.19. The topological polar surface area (TPSA) is 97.0 Å². The fraction of sp³-hybridized carbons (Fsp3) is 0.500. The van der Waals surface area contributed by atoms with Gasteiger partial charge in [0.05, 0.1) is 0 Å². The molecule has 1 aromatic rings. The monoisotopic (exact) mass is 361 g/mol. The zero-order valence-electron chi connectivity index (χ0n) is 15.3. The van der Waals surface area contributed by atoms with Gasteiger partial charge in [-0.05, 0) is 45.4 Å². The van der Waals surface area contributed by atoms with Crippen LogP contribution < -0.4 is 20.1 Å². The lowest BCUT2D eigenvalue weighted by Gasteiger charge is -2.25. The van der Waals surface area contributed by atoms with Crippen LogP contribution in [-0.4, -0.2) is 48.0 Å². The van der Waals surface area contributed by atoms with E-state index in [2.05, 4.69) is 10.6 Å². The Labute approximate surface area is 151 Å². The molecule has 0 saturated carbocycles. The second-order valence-electron chi connectivity index (χ2n) is 7.60. The van der Waals surface area contributed by atoms with Gasteiger partial charge in [0.1, 0.15) is 25.3 Å². The minimum absolute atomic E-state index is 0.331. The SMILES string of the molecule is CC(C)(C)NC(=O)CN1C(=O)N[C@](C)(c2ccc3c(c2)OCCO3)C1=O. The van der Waals surface area contributed by atoms with Crippen molar-refractivity contribution in [1.29, 1.82) is 0 Å². The van der Waals surface area contributed by atoms with Crippen molar-refractivity contribution in [1.82, 2.24) is 15.5 Å². The molecule has 2 heterocycles. The van der Waals surface area contributed by atoms with Gasteiger partial charge in [0.15, 0.2) is 11.5 Å². The van der Waals surface area contributed by atoms with Crippen molar-refractivity contribution in [2.45, 2.75) is 38.8 Å². The van der Waals surface area contributed by atoms with Crippen LogP contribution >= 0.6 is 0 Å². The number of rotatable bonds is 3. The zero-order chi connectivity index (χ0) is 19.1. The molecule has 3 rings (SSSR count). The highest BCUT2D eigenvalue weighted by atomic mass is 16.6. The molecule has 140 valence electrons. The lowest BCUT2D eigenvalue weighted by molar-refractivity contribution is -0.135. The first-order chi connectivity index (χ1) is 12.1. The van der Waals surface area contributed by atoms with E-state index in [1.165, 1.54) is 0 Å².